The van der Waals surface area contributed by atoms with E-state index in [1.54, 1.807) is 13.8 Å². The van der Waals surface area contributed by atoms with Gasteiger partial charge in [-0.2, -0.15) is 52.7 Å². The normalized spacial score (nSPS) is 22.2. The fraction of sp³-hybridized carbons (Fsp3) is 0.909. The average molecular weight is 686 g/mol. The van der Waals surface area contributed by atoms with Crippen molar-refractivity contribution in [3.8, 4) is 0 Å². The molecule has 2 N–H and O–H groups in total. The van der Waals surface area contributed by atoms with Gasteiger partial charge in [-0.1, -0.05) is 20.8 Å². The molecule has 0 aliphatic heterocycles. The first kappa shape index (κ1) is 39.4. The lowest BCUT2D eigenvalue weighted by Crippen LogP contribution is -2.59. The second-order valence-electron chi connectivity index (χ2n) is 11.3. The Morgan fingerprint density at radius 1 is 0.705 bits per heavy atom. The molecule has 22 heteroatoms. The van der Waals surface area contributed by atoms with E-state index in [4.69, 9.17) is 0 Å². The summed E-state index contributed by atoms with van der Waals surface area (Å²) in [5.74, 6) is -38.2. The number of hydrogen-bond donors (Lipinski definition) is 2. The molecule has 2 amide bonds. The number of carbonyl (C=O) groups excluding carboxylic acids is 2. The van der Waals surface area contributed by atoms with Gasteiger partial charge in [0.05, 0.1) is 0 Å². The molecule has 2 unspecified atom stereocenters. The first-order chi connectivity index (χ1) is 19.4. The fourth-order valence-electron chi connectivity index (χ4n) is 4.67. The van der Waals surface area contributed by atoms with E-state index < -0.39 is 97.2 Å². The smallest absolute Gasteiger partial charge is 0.407 e. The van der Waals surface area contributed by atoms with Crippen molar-refractivity contribution in [3.63, 3.8) is 0 Å². The van der Waals surface area contributed by atoms with Crippen LogP contribution in [-0.4, -0.2) is 86.4 Å². The number of amides is 2. The van der Waals surface area contributed by atoms with E-state index in [1.807, 2.05) is 10.6 Å². The zero-order valence-electron chi connectivity index (χ0n) is 22.7. The first-order valence-corrected chi connectivity index (χ1v) is 12.0. The van der Waals surface area contributed by atoms with E-state index in [0.29, 0.717) is 0 Å². The summed E-state index contributed by atoms with van der Waals surface area (Å²) < 4.78 is 216. The summed E-state index contributed by atoms with van der Waals surface area (Å²) in [5.41, 5.74) is -2.01. The van der Waals surface area contributed by atoms with E-state index >= 15 is 0 Å². The molecular formula is C22H26F16N2O4. The second-order valence-corrected chi connectivity index (χ2v) is 11.3. The van der Waals surface area contributed by atoms with E-state index in [1.165, 1.54) is 6.92 Å². The third kappa shape index (κ3) is 8.36. The van der Waals surface area contributed by atoms with Gasteiger partial charge in [-0.25, -0.2) is 27.2 Å². The van der Waals surface area contributed by atoms with E-state index in [0.717, 1.165) is 0 Å². The summed E-state index contributed by atoms with van der Waals surface area (Å²) in [6, 6.07) is -1.11. The van der Waals surface area contributed by atoms with Crippen LogP contribution in [0.25, 0.3) is 0 Å². The Labute approximate surface area is 238 Å². The average Bonchev–Trinajstić information content (AvgIpc) is 2.83. The number of carbonyl (C=O) groups is 2. The van der Waals surface area contributed by atoms with Crippen LogP contribution in [0.15, 0.2) is 0 Å². The van der Waals surface area contributed by atoms with Gasteiger partial charge in [0.2, 0.25) is 0 Å². The van der Waals surface area contributed by atoms with Crippen molar-refractivity contribution in [1.29, 1.82) is 0 Å². The maximum Gasteiger partial charge on any atom is 0.407 e. The number of alkyl halides is 16. The molecule has 1 aliphatic rings. The molecule has 0 aromatic rings. The largest absolute Gasteiger partial charge is 0.443 e. The van der Waals surface area contributed by atoms with Crippen molar-refractivity contribution in [1.82, 2.24) is 10.6 Å². The molecule has 1 rings (SSSR count). The van der Waals surface area contributed by atoms with E-state index in [2.05, 4.69) is 9.47 Å². The van der Waals surface area contributed by atoms with Gasteiger partial charge < -0.3 is 20.1 Å². The number of alkyl carbamates (subject to hydrolysis) is 2. The van der Waals surface area contributed by atoms with Crippen LogP contribution in [0.5, 0.6) is 0 Å². The van der Waals surface area contributed by atoms with Crippen LogP contribution in [0.3, 0.4) is 0 Å². The van der Waals surface area contributed by atoms with Crippen LogP contribution in [-0.2, 0) is 9.47 Å². The van der Waals surface area contributed by atoms with E-state index in [9.17, 15) is 79.8 Å². The van der Waals surface area contributed by atoms with Crippen molar-refractivity contribution in [2.24, 2.45) is 10.8 Å². The molecule has 1 fully saturated rings. The van der Waals surface area contributed by atoms with Gasteiger partial charge >= 0.3 is 60.6 Å². The maximum atomic E-state index is 13.6. The van der Waals surface area contributed by atoms with Crippen LogP contribution in [0.2, 0.25) is 0 Å². The summed E-state index contributed by atoms with van der Waals surface area (Å²) in [4.78, 5) is 23.8. The van der Waals surface area contributed by atoms with Gasteiger partial charge in [0.15, 0.2) is 13.2 Å². The third-order valence-electron chi connectivity index (χ3n) is 6.50. The molecule has 0 saturated heterocycles. The Balaban J connectivity index is 2.84. The van der Waals surface area contributed by atoms with Crippen molar-refractivity contribution in [2.75, 3.05) is 19.8 Å². The molecule has 0 aromatic heterocycles. The maximum absolute atomic E-state index is 13.6. The highest BCUT2D eigenvalue weighted by Gasteiger charge is 2.76. The minimum Gasteiger partial charge on any atom is -0.443 e. The SMILES string of the molecule is CC1(C)CC(NC(=O)OCC(F)(F)C(F)(F)C(F)(F)C(F)F)CC(C)(CNC(=O)OCC(F)(F)C(F)(F)C(F)(F)C(F)F)C1. The Kier molecular flexibility index (Phi) is 11.4. The molecule has 0 radical (unpaired) electrons. The minimum atomic E-state index is -6.64. The van der Waals surface area contributed by atoms with Crippen LogP contribution in [0.1, 0.15) is 40.0 Å². The molecule has 0 spiro atoms. The zero-order chi connectivity index (χ0) is 35.0. The molecule has 44 heavy (non-hydrogen) atoms. The lowest BCUT2D eigenvalue weighted by Gasteiger charge is -2.46. The number of hydrogen-bond acceptors (Lipinski definition) is 4. The van der Waals surface area contributed by atoms with Crippen LogP contribution in [0.4, 0.5) is 79.8 Å². The monoisotopic (exact) mass is 686 g/mol. The minimum absolute atomic E-state index is 0.00219. The van der Waals surface area contributed by atoms with Gasteiger partial charge in [0, 0.05) is 12.6 Å². The lowest BCUT2D eigenvalue weighted by atomic mass is 9.62. The van der Waals surface area contributed by atoms with E-state index in [-0.39, 0.29) is 19.3 Å². The van der Waals surface area contributed by atoms with Crippen molar-refractivity contribution >= 4 is 12.2 Å². The Morgan fingerprint density at radius 3 is 1.48 bits per heavy atom. The highest BCUT2D eigenvalue weighted by atomic mass is 19.4. The lowest BCUT2D eigenvalue weighted by molar-refractivity contribution is -0.343. The van der Waals surface area contributed by atoms with Gasteiger partial charge in [0.25, 0.3) is 0 Å². The van der Waals surface area contributed by atoms with Gasteiger partial charge in [-0.3, -0.25) is 0 Å². The predicted molar refractivity (Wildman–Crippen MR) is 115 cm³/mol. The molecule has 0 aromatic carbocycles. The topological polar surface area (TPSA) is 76.7 Å². The number of ether oxygens (including phenoxy) is 2. The number of nitrogens with one attached hydrogen (secondary N) is 2. The van der Waals surface area contributed by atoms with Crippen LogP contribution >= 0.6 is 0 Å². The molecule has 0 bridgehead atoms. The predicted octanol–water partition coefficient (Wildman–Crippen LogP) is 7.37. The fourth-order valence-corrected chi connectivity index (χ4v) is 4.67. The molecule has 2 atom stereocenters. The highest BCUT2D eigenvalue weighted by Crippen LogP contribution is 2.50. The summed E-state index contributed by atoms with van der Waals surface area (Å²) in [6.07, 6.45) is -14.3. The highest BCUT2D eigenvalue weighted by molar-refractivity contribution is 5.68. The van der Waals surface area contributed by atoms with Gasteiger partial charge in [-0.15, -0.1) is 0 Å². The van der Waals surface area contributed by atoms with Crippen molar-refractivity contribution < 1.29 is 89.3 Å². The number of rotatable bonds is 13. The van der Waals surface area contributed by atoms with Crippen LogP contribution < -0.4 is 10.6 Å². The Morgan fingerprint density at radius 2 is 1.09 bits per heavy atom. The second kappa shape index (κ2) is 12.7. The molecule has 6 nitrogen and oxygen atoms in total. The Hall–Kier alpha value is -2.58. The quantitative estimate of drug-likeness (QED) is 0.199. The van der Waals surface area contributed by atoms with Crippen molar-refractivity contribution in [3.05, 3.63) is 0 Å². The van der Waals surface area contributed by atoms with Gasteiger partial charge in [0.1, 0.15) is 0 Å². The van der Waals surface area contributed by atoms with Crippen molar-refractivity contribution in [2.45, 2.75) is 94.5 Å². The molecule has 260 valence electrons. The summed E-state index contributed by atoms with van der Waals surface area (Å²) in [6.45, 7) is -1.60. The summed E-state index contributed by atoms with van der Waals surface area (Å²) in [7, 11) is 0. The number of halogens is 16. The summed E-state index contributed by atoms with van der Waals surface area (Å²) >= 11 is 0. The molecule has 1 saturated carbocycles. The van der Waals surface area contributed by atoms with Gasteiger partial charge in [-0.05, 0) is 30.1 Å². The zero-order valence-corrected chi connectivity index (χ0v) is 22.7. The Bertz CT molecular complexity index is 1020. The third-order valence-corrected chi connectivity index (χ3v) is 6.50. The molecular weight excluding hydrogens is 660 g/mol. The molecule has 0 heterocycles. The first-order valence-electron chi connectivity index (χ1n) is 12.0. The standard InChI is InChI=1S/C22H26F16N2O4/c1-15(2)4-10(40-14(42)44-9-18(29,30)22(37,38)20(33,34)12(25)26)5-16(3,6-15)7-39-13(41)43-8-17(27,28)21(35,36)19(31,32)11(23)24/h10-12H,4-9H2,1-3H3,(H,39,41)(H,40,42). The molecule has 1 aliphatic carbocycles. The van der Waals surface area contributed by atoms with Crippen LogP contribution in [0, 0.1) is 10.8 Å². The summed E-state index contributed by atoms with van der Waals surface area (Å²) in [5, 5.41) is 3.80.